The average molecular weight is 165 g/mol. The average Bonchev–Trinajstić information content (AvgIpc) is 1.90. The van der Waals surface area contributed by atoms with Gasteiger partial charge in [-0.2, -0.15) is 0 Å². The summed E-state index contributed by atoms with van der Waals surface area (Å²) in [6.07, 6.45) is 0.0866. The summed E-state index contributed by atoms with van der Waals surface area (Å²) >= 11 is 0. The quantitative estimate of drug-likeness (QED) is 0.423. The molecule has 0 unspecified atom stereocenters. The van der Waals surface area contributed by atoms with Crippen molar-refractivity contribution < 1.29 is 25.0 Å². The van der Waals surface area contributed by atoms with E-state index in [0.717, 1.165) is 0 Å². The molecule has 0 aliphatic rings. The SMILES string of the molecule is NO.O=C(O)CCCC(=O)O. The van der Waals surface area contributed by atoms with Crippen molar-refractivity contribution in [2.24, 2.45) is 5.90 Å². The molecule has 0 radical (unpaired) electrons. The minimum absolute atomic E-state index is 0.0632. The van der Waals surface area contributed by atoms with E-state index in [1.807, 2.05) is 0 Å². The Morgan fingerprint density at radius 1 is 1.00 bits per heavy atom. The molecule has 6 heteroatoms. The summed E-state index contributed by atoms with van der Waals surface area (Å²) < 4.78 is 0. The molecule has 6 nitrogen and oxygen atoms in total. The molecule has 0 aromatic carbocycles. The van der Waals surface area contributed by atoms with E-state index in [0.29, 0.717) is 0 Å². The summed E-state index contributed by atoms with van der Waals surface area (Å²) in [5, 5.41) is 22.6. The van der Waals surface area contributed by atoms with E-state index in [-0.39, 0.29) is 19.3 Å². The van der Waals surface area contributed by atoms with Crippen LogP contribution in [0.25, 0.3) is 0 Å². The molecule has 66 valence electrons. The fraction of sp³-hybridized carbons (Fsp3) is 0.600. The predicted octanol–water partition coefficient (Wildman–Crippen LogP) is -0.340. The molecular weight excluding hydrogens is 154 g/mol. The Hall–Kier alpha value is -1.14. The van der Waals surface area contributed by atoms with Crippen LogP contribution in [0.5, 0.6) is 0 Å². The van der Waals surface area contributed by atoms with Crippen LogP contribution in [0.15, 0.2) is 0 Å². The molecule has 0 aliphatic carbocycles. The first-order chi connectivity index (χ1) is 5.13. The van der Waals surface area contributed by atoms with Gasteiger partial charge in [-0.05, 0) is 6.42 Å². The van der Waals surface area contributed by atoms with Gasteiger partial charge in [-0.15, -0.1) is 0 Å². The molecule has 0 fully saturated rings. The first-order valence-corrected chi connectivity index (χ1v) is 2.82. The Labute approximate surface area is 63.2 Å². The second-order valence-corrected chi connectivity index (χ2v) is 1.64. The summed E-state index contributed by atoms with van der Waals surface area (Å²) in [5.74, 6) is 1.60. The van der Waals surface area contributed by atoms with Crippen molar-refractivity contribution in [3.05, 3.63) is 0 Å². The number of aliphatic carboxylic acids is 2. The molecule has 0 heterocycles. The van der Waals surface area contributed by atoms with Crippen LogP contribution in [0.2, 0.25) is 0 Å². The third-order valence-corrected chi connectivity index (χ3v) is 0.781. The molecule has 0 aromatic heterocycles. The molecule has 11 heavy (non-hydrogen) atoms. The molecular formula is C5H11NO5. The number of rotatable bonds is 4. The van der Waals surface area contributed by atoms with Crippen LogP contribution in [0.4, 0.5) is 0 Å². The fourth-order valence-corrected chi connectivity index (χ4v) is 0.391. The highest BCUT2D eigenvalue weighted by Crippen LogP contribution is 1.93. The van der Waals surface area contributed by atoms with Crippen molar-refractivity contribution in [1.82, 2.24) is 0 Å². The van der Waals surface area contributed by atoms with Crippen LogP contribution in [0, 0.1) is 0 Å². The van der Waals surface area contributed by atoms with Gasteiger partial charge in [0.1, 0.15) is 0 Å². The number of carboxylic acids is 2. The molecule has 0 saturated carbocycles. The van der Waals surface area contributed by atoms with E-state index in [1.54, 1.807) is 0 Å². The standard InChI is InChI=1S/C5H8O4.H3NO/c6-4(7)2-1-3-5(8)9;1-2/h1-3H2,(H,6,7)(H,8,9);2H,1H2. The van der Waals surface area contributed by atoms with E-state index in [4.69, 9.17) is 15.4 Å². The van der Waals surface area contributed by atoms with Crippen LogP contribution in [-0.4, -0.2) is 27.4 Å². The maximum atomic E-state index is 9.79. The lowest BCUT2D eigenvalue weighted by Crippen LogP contribution is -1.98. The van der Waals surface area contributed by atoms with Gasteiger partial charge in [-0.3, -0.25) is 9.59 Å². The zero-order chi connectivity index (χ0) is 9.28. The third-order valence-electron chi connectivity index (χ3n) is 0.781. The van der Waals surface area contributed by atoms with E-state index in [9.17, 15) is 9.59 Å². The molecule has 0 saturated heterocycles. The highest BCUT2D eigenvalue weighted by Gasteiger charge is 1.99. The van der Waals surface area contributed by atoms with Crippen LogP contribution >= 0.6 is 0 Å². The molecule has 0 aromatic rings. The largest absolute Gasteiger partial charge is 0.481 e. The van der Waals surface area contributed by atoms with Crippen molar-refractivity contribution in [2.45, 2.75) is 19.3 Å². The van der Waals surface area contributed by atoms with Gasteiger partial charge in [0.15, 0.2) is 0 Å². The maximum Gasteiger partial charge on any atom is 0.303 e. The van der Waals surface area contributed by atoms with Crippen LogP contribution < -0.4 is 5.90 Å². The van der Waals surface area contributed by atoms with Gasteiger partial charge in [0.05, 0.1) is 0 Å². The summed E-state index contributed by atoms with van der Waals surface area (Å²) in [5.41, 5.74) is 0. The first kappa shape index (κ1) is 12.5. The minimum Gasteiger partial charge on any atom is -0.481 e. The Morgan fingerprint density at radius 2 is 1.27 bits per heavy atom. The van der Waals surface area contributed by atoms with E-state index in [2.05, 4.69) is 5.90 Å². The van der Waals surface area contributed by atoms with Gasteiger partial charge >= 0.3 is 11.9 Å². The number of carbonyl (C=O) groups is 2. The molecule has 0 atom stereocenters. The highest BCUT2D eigenvalue weighted by atomic mass is 16.4. The van der Waals surface area contributed by atoms with Gasteiger partial charge < -0.3 is 15.4 Å². The lowest BCUT2D eigenvalue weighted by atomic mass is 10.2. The van der Waals surface area contributed by atoms with Crippen molar-refractivity contribution in [2.75, 3.05) is 0 Å². The smallest absolute Gasteiger partial charge is 0.303 e. The van der Waals surface area contributed by atoms with Crippen molar-refractivity contribution in [3.63, 3.8) is 0 Å². The van der Waals surface area contributed by atoms with E-state index < -0.39 is 11.9 Å². The lowest BCUT2D eigenvalue weighted by molar-refractivity contribution is -0.138. The summed E-state index contributed by atoms with van der Waals surface area (Å²) in [4.78, 5) is 19.6. The van der Waals surface area contributed by atoms with Gasteiger partial charge in [0.25, 0.3) is 0 Å². The molecule has 5 N–H and O–H groups in total. The number of nitrogens with two attached hydrogens (primary N) is 1. The molecule has 0 aliphatic heterocycles. The third kappa shape index (κ3) is 17.7. The monoisotopic (exact) mass is 165 g/mol. The Kier molecular flexibility index (Phi) is 10.1. The number of hydrogen-bond donors (Lipinski definition) is 4. The van der Waals surface area contributed by atoms with Crippen molar-refractivity contribution in [3.8, 4) is 0 Å². The predicted molar refractivity (Wildman–Crippen MR) is 35.1 cm³/mol. The Bertz CT molecular complexity index is 110. The minimum atomic E-state index is -0.948. The normalized spacial score (nSPS) is 7.82. The first-order valence-electron chi connectivity index (χ1n) is 2.82. The van der Waals surface area contributed by atoms with E-state index >= 15 is 0 Å². The summed E-state index contributed by atoms with van der Waals surface area (Å²) in [6, 6.07) is 0. The number of carboxylic acid groups (broad SMARTS) is 2. The molecule has 0 bridgehead atoms. The van der Waals surface area contributed by atoms with Gasteiger partial charge in [0, 0.05) is 12.8 Å². The van der Waals surface area contributed by atoms with Gasteiger partial charge in [-0.1, -0.05) is 0 Å². The molecule has 0 rings (SSSR count). The van der Waals surface area contributed by atoms with E-state index in [1.165, 1.54) is 0 Å². The second-order valence-electron chi connectivity index (χ2n) is 1.64. The van der Waals surface area contributed by atoms with Crippen molar-refractivity contribution >= 4 is 11.9 Å². The Morgan fingerprint density at radius 3 is 1.45 bits per heavy atom. The van der Waals surface area contributed by atoms with Gasteiger partial charge in [0.2, 0.25) is 0 Å². The maximum absolute atomic E-state index is 9.79. The van der Waals surface area contributed by atoms with Gasteiger partial charge in [-0.25, -0.2) is 5.90 Å². The van der Waals surface area contributed by atoms with Crippen LogP contribution in [0.3, 0.4) is 0 Å². The lowest BCUT2D eigenvalue weighted by Gasteiger charge is -1.89. The Balaban J connectivity index is 0. The zero-order valence-electron chi connectivity index (χ0n) is 5.86. The summed E-state index contributed by atoms with van der Waals surface area (Å²) in [7, 11) is 0. The van der Waals surface area contributed by atoms with Crippen LogP contribution in [-0.2, 0) is 9.59 Å². The van der Waals surface area contributed by atoms with Crippen LogP contribution in [0.1, 0.15) is 19.3 Å². The second kappa shape index (κ2) is 8.86. The molecule has 0 spiro atoms. The fourth-order valence-electron chi connectivity index (χ4n) is 0.391. The number of hydrogen-bond acceptors (Lipinski definition) is 4. The van der Waals surface area contributed by atoms with Crippen molar-refractivity contribution in [1.29, 1.82) is 0 Å². The molecule has 0 amide bonds. The highest BCUT2D eigenvalue weighted by molar-refractivity contribution is 5.69. The zero-order valence-corrected chi connectivity index (χ0v) is 5.86. The topological polar surface area (TPSA) is 121 Å². The summed E-state index contributed by atoms with van der Waals surface area (Å²) in [6.45, 7) is 0.